The molecule has 2 N–H and O–H groups in total. The Bertz CT molecular complexity index is 1170. The second kappa shape index (κ2) is 9.83. The molecule has 3 amide bonds. The number of halogens is 1. The molecule has 0 spiro atoms. The van der Waals surface area contributed by atoms with Gasteiger partial charge in [0.15, 0.2) is 6.10 Å². The van der Waals surface area contributed by atoms with Gasteiger partial charge >= 0.3 is 6.03 Å². The van der Waals surface area contributed by atoms with Gasteiger partial charge in [-0.15, -0.1) is 0 Å². The Kier molecular flexibility index (Phi) is 6.70. The van der Waals surface area contributed by atoms with Crippen LogP contribution in [-0.4, -0.2) is 31.2 Å². The molecule has 0 saturated heterocycles. The molecule has 170 valence electrons. The smallest absolute Gasteiger partial charge is 0.323 e. The van der Waals surface area contributed by atoms with E-state index in [1.165, 1.54) is 0 Å². The molecule has 0 aromatic heterocycles. The number of nitrogens with one attached hydrogen (secondary N) is 2. The van der Waals surface area contributed by atoms with E-state index in [0.29, 0.717) is 41.0 Å². The maximum absolute atomic E-state index is 12.7. The van der Waals surface area contributed by atoms with E-state index in [0.717, 1.165) is 11.3 Å². The van der Waals surface area contributed by atoms with Crippen molar-refractivity contribution in [3.63, 3.8) is 0 Å². The van der Waals surface area contributed by atoms with Gasteiger partial charge in [0.05, 0.1) is 12.2 Å². The summed E-state index contributed by atoms with van der Waals surface area (Å²) in [5.74, 6) is 1.13. The Balaban J connectivity index is 1.42. The maximum atomic E-state index is 12.7. The first kappa shape index (κ1) is 22.5. The minimum absolute atomic E-state index is 0.142. The summed E-state index contributed by atoms with van der Waals surface area (Å²) in [4.78, 5) is 26.7. The van der Waals surface area contributed by atoms with Crippen molar-refractivity contribution in [3.05, 3.63) is 77.3 Å². The molecule has 3 aromatic carbocycles. The topological polar surface area (TPSA) is 79.9 Å². The molecular formula is C25H24ClN3O4. The van der Waals surface area contributed by atoms with Crippen LogP contribution in [0.3, 0.4) is 0 Å². The van der Waals surface area contributed by atoms with Crippen LogP contribution < -0.4 is 25.0 Å². The summed E-state index contributed by atoms with van der Waals surface area (Å²) < 4.78 is 11.6. The number of rotatable bonds is 6. The molecule has 1 heterocycles. The fourth-order valence-corrected chi connectivity index (χ4v) is 3.63. The van der Waals surface area contributed by atoms with Crippen LogP contribution in [0.4, 0.5) is 21.9 Å². The molecule has 0 saturated carbocycles. The third kappa shape index (κ3) is 5.56. The van der Waals surface area contributed by atoms with Gasteiger partial charge in [0.1, 0.15) is 18.1 Å². The quantitative estimate of drug-likeness (QED) is 0.504. The van der Waals surface area contributed by atoms with Crippen molar-refractivity contribution in [2.75, 3.05) is 28.7 Å². The highest BCUT2D eigenvalue weighted by molar-refractivity contribution is 6.30. The number of carbonyl (C=O) groups is 2. The van der Waals surface area contributed by atoms with E-state index in [1.807, 2.05) is 31.2 Å². The average Bonchev–Trinajstić information content (AvgIpc) is 2.78. The van der Waals surface area contributed by atoms with Crippen molar-refractivity contribution in [1.29, 1.82) is 0 Å². The van der Waals surface area contributed by atoms with Gasteiger partial charge in [-0.05, 0) is 67.9 Å². The summed E-state index contributed by atoms with van der Waals surface area (Å²) in [5.41, 5.74) is 2.89. The number of hydrogen-bond acceptors (Lipinski definition) is 4. The summed E-state index contributed by atoms with van der Waals surface area (Å²) in [6, 6.07) is 19.3. The molecule has 1 aliphatic heterocycles. The number of aryl methyl sites for hydroxylation is 1. The minimum Gasteiger partial charge on any atom is -0.492 e. The molecule has 1 atom stereocenters. The first-order valence-electron chi connectivity index (χ1n) is 10.5. The van der Waals surface area contributed by atoms with E-state index >= 15 is 0 Å². The van der Waals surface area contributed by atoms with Crippen LogP contribution in [0.15, 0.2) is 66.7 Å². The summed E-state index contributed by atoms with van der Waals surface area (Å²) in [6.45, 7) is 4.41. The van der Waals surface area contributed by atoms with E-state index in [-0.39, 0.29) is 5.91 Å². The Morgan fingerprint density at radius 1 is 1.06 bits per heavy atom. The van der Waals surface area contributed by atoms with Crippen LogP contribution in [0.25, 0.3) is 0 Å². The summed E-state index contributed by atoms with van der Waals surface area (Å²) in [5, 5.41) is 6.10. The minimum atomic E-state index is -0.644. The first-order valence-corrected chi connectivity index (χ1v) is 10.9. The van der Waals surface area contributed by atoms with Gasteiger partial charge in [0.25, 0.3) is 5.91 Å². The average molecular weight is 466 g/mol. The third-order valence-electron chi connectivity index (χ3n) is 5.10. The number of anilines is 3. The number of fused-ring (bicyclic) bond motifs is 1. The number of hydrogen-bond donors (Lipinski definition) is 2. The molecule has 8 heteroatoms. The van der Waals surface area contributed by atoms with Crippen LogP contribution in [0.1, 0.15) is 12.5 Å². The van der Waals surface area contributed by atoms with Crippen molar-refractivity contribution in [2.45, 2.75) is 20.0 Å². The Labute approximate surface area is 197 Å². The lowest BCUT2D eigenvalue weighted by Gasteiger charge is -2.33. The van der Waals surface area contributed by atoms with Crippen molar-refractivity contribution in [2.24, 2.45) is 0 Å². The monoisotopic (exact) mass is 465 g/mol. The molecule has 7 nitrogen and oxygen atoms in total. The van der Waals surface area contributed by atoms with Gasteiger partial charge in [-0.3, -0.25) is 4.79 Å². The molecule has 4 rings (SSSR count). The van der Waals surface area contributed by atoms with Crippen LogP contribution in [0, 0.1) is 6.92 Å². The van der Waals surface area contributed by atoms with Gasteiger partial charge in [0, 0.05) is 22.5 Å². The van der Waals surface area contributed by atoms with Crippen molar-refractivity contribution in [1.82, 2.24) is 0 Å². The lowest BCUT2D eigenvalue weighted by atomic mass is 10.1. The lowest BCUT2D eigenvalue weighted by Crippen LogP contribution is -2.46. The molecular weight excluding hydrogens is 442 g/mol. The molecule has 0 fully saturated rings. The zero-order valence-electron chi connectivity index (χ0n) is 18.3. The fraction of sp³-hybridized carbons (Fsp3) is 0.200. The zero-order valence-corrected chi connectivity index (χ0v) is 19.1. The number of ether oxygens (including phenoxy) is 2. The van der Waals surface area contributed by atoms with Crippen molar-refractivity contribution in [3.8, 4) is 11.5 Å². The van der Waals surface area contributed by atoms with E-state index < -0.39 is 12.1 Å². The highest BCUT2D eigenvalue weighted by atomic mass is 35.5. The van der Waals surface area contributed by atoms with Gasteiger partial charge in [0.2, 0.25) is 0 Å². The molecule has 1 aliphatic rings. The number of amides is 3. The van der Waals surface area contributed by atoms with Crippen LogP contribution in [0.2, 0.25) is 5.02 Å². The Morgan fingerprint density at radius 2 is 1.79 bits per heavy atom. The SMILES string of the molecule is Cc1cccc(OCCN2C(=O)C(C)Oc3cc(NC(=O)Nc4ccc(Cl)cc4)ccc32)c1. The number of carbonyl (C=O) groups excluding carboxylic acids is 2. The summed E-state index contributed by atoms with van der Waals surface area (Å²) in [6.07, 6.45) is -0.644. The molecule has 3 aromatic rings. The second-order valence-corrected chi connectivity index (χ2v) is 8.12. The zero-order chi connectivity index (χ0) is 23.4. The van der Waals surface area contributed by atoms with Crippen LogP contribution >= 0.6 is 11.6 Å². The third-order valence-corrected chi connectivity index (χ3v) is 5.35. The first-order chi connectivity index (χ1) is 15.9. The molecule has 33 heavy (non-hydrogen) atoms. The standard InChI is InChI=1S/C25H24ClN3O4/c1-16-4-3-5-21(14-16)32-13-12-29-22-11-10-20(15-23(22)33-17(2)24(29)30)28-25(31)27-19-8-6-18(26)7-9-19/h3-11,14-15,17H,12-13H2,1-2H3,(H2,27,28,31). The predicted octanol–water partition coefficient (Wildman–Crippen LogP) is 5.49. The van der Waals surface area contributed by atoms with E-state index in [2.05, 4.69) is 10.6 Å². The maximum Gasteiger partial charge on any atom is 0.323 e. The number of benzene rings is 3. The summed E-state index contributed by atoms with van der Waals surface area (Å²) in [7, 11) is 0. The number of nitrogens with zero attached hydrogens (tertiary/aromatic N) is 1. The van der Waals surface area contributed by atoms with Gasteiger partial charge < -0.3 is 25.0 Å². The normalized spacial score (nSPS) is 14.8. The lowest BCUT2D eigenvalue weighted by molar-refractivity contribution is -0.125. The fourth-order valence-electron chi connectivity index (χ4n) is 3.51. The molecule has 0 aliphatic carbocycles. The number of urea groups is 1. The second-order valence-electron chi connectivity index (χ2n) is 7.68. The van der Waals surface area contributed by atoms with Crippen molar-refractivity contribution < 1.29 is 19.1 Å². The predicted molar refractivity (Wildman–Crippen MR) is 130 cm³/mol. The Morgan fingerprint density at radius 3 is 2.55 bits per heavy atom. The van der Waals surface area contributed by atoms with E-state index in [9.17, 15) is 9.59 Å². The molecule has 0 bridgehead atoms. The van der Waals surface area contributed by atoms with Gasteiger partial charge in [-0.25, -0.2) is 4.79 Å². The van der Waals surface area contributed by atoms with Gasteiger partial charge in [-0.1, -0.05) is 23.7 Å². The largest absolute Gasteiger partial charge is 0.492 e. The van der Waals surface area contributed by atoms with Crippen LogP contribution in [-0.2, 0) is 4.79 Å². The molecule has 1 unspecified atom stereocenters. The highest BCUT2D eigenvalue weighted by Crippen LogP contribution is 2.36. The molecule has 0 radical (unpaired) electrons. The van der Waals surface area contributed by atoms with Crippen LogP contribution in [0.5, 0.6) is 11.5 Å². The van der Waals surface area contributed by atoms with E-state index in [4.69, 9.17) is 21.1 Å². The van der Waals surface area contributed by atoms with Gasteiger partial charge in [-0.2, -0.15) is 0 Å². The van der Waals surface area contributed by atoms with E-state index in [1.54, 1.807) is 54.3 Å². The Hall–Kier alpha value is -3.71. The van der Waals surface area contributed by atoms with Crippen molar-refractivity contribution >= 4 is 40.6 Å². The highest BCUT2D eigenvalue weighted by Gasteiger charge is 2.31. The summed E-state index contributed by atoms with van der Waals surface area (Å²) >= 11 is 5.87.